The Bertz CT molecular complexity index is 428. The molecule has 1 aromatic heterocycles. The zero-order chi connectivity index (χ0) is 13.8. The van der Waals surface area contributed by atoms with Crippen LogP contribution in [0.25, 0.3) is 0 Å². The summed E-state index contributed by atoms with van der Waals surface area (Å²) in [6.07, 6.45) is 1.23. The van der Waals surface area contributed by atoms with Crippen LogP contribution in [0.5, 0.6) is 0 Å². The highest BCUT2D eigenvalue weighted by Crippen LogP contribution is 2.17. The summed E-state index contributed by atoms with van der Waals surface area (Å²) < 4.78 is 5.20. The first-order valence-corrected chi connectivity index (χ1v) is 6.83. The number of furan rings is 1. The minimum atomic E-state index is -1.02. The van der Waals surface area contributed by atoms with Crippen LogP contribution in [0.2, 0.25) is 0 Å². The number of aromatic carboxylic acids is 1. The number of likely N-dealkylation sites (tertiary alicyclic amines) is 1. The highest BCUT2D eigenvalue weighted by Gasteiger charge is 2.23. The van der Waals surface area contributed by atoms with E-state index in [-0.39, 0.29) is 5.76 Å². The number of carbonyl (C=O) groups is 1. The zero-order valence-electron chi connectivity index (χ0n) is 11.6. The molecule has 2 N–H and O–H groups in total. The van der Waals surface area contributed by atoms with Gasteiger partial charge in [0, 0.05) is 12.6 Å². The Labute approximate surface area is 113 Å². The van der Waals surface area contributed by atoms with Crippen molar-refractivity contribution in [1.82, 2.24) is 10.2 Å². The third kappa shape index (κ3) is 3.81. The van der Waals surface area contributed by atoms with Crippen molar-refractivity contribution >= 4 is 5.97 Å². The lowest BCUT2D eigenvalue weighted by atomic mass is 10.1. The van der Waals surface area contributed by atoms with Crippen LogP contribution in [0.3, 0.4) is 0 Å². The van der Waals surface area contributed by atoms with Gasteiger partial charge in [-0.25, -0.2) is 4.79 Å². The molecule has 0 radical (unpaired) electrons. The van der Waals surface area contributed by atoms with E-state index in [1.807, 2.05) is 0 Å². The summed E-state index contributed by atoms with van der Waals surface area (Å²) in [6.45, 7) is 8.31. The van der Waals surface area contributed by atoms with Crippen LogP contribution in [-0.2, 0) is 6.54 Å². The van der Waals surface area contributed by atoms with E-state index in [1.165, 1.54) is 19.0 Å². The third-order valence-electron chi connectivity index (χ3n) is 3.65. The number of hydrogen-bond donors (Lipinski definition) is 2. The molecule has 1 aromatic rings. The van der Waals surface area contributed by atoms with Crippen molar-refractivity contribution in [2.24, 2.45) is 5.92 Å². The third-order valence-corrected chi connectivity index (χ3v) is 3.65. The van der Waals surface area contributed by atoms with E-state index in [1.54, 1.807) is 6.07 Å². The molecule has 2 heterocycles. The van der Waals surface area contributed by atoms with Gasteiger partial charge in [-0.3, -0.25) is 0 Å². The summed E-state index contributed by atoms with van der Waals surface area (Å²) in [7, 11) is 0. The quantitative estimate of drug-likeness (QED) is 0.822. The van der Waals surface area contributed by atoms with Crippen LogP contribution in [0.15, 0.2) is 16.5 Å². The topological polar surface area (TPSA) is 65.7 Å². The van der Waals surface area contributed by atoms with E-state index >= 15 is 0 Å². The molecular weight excluding hydrogens is 244 g/mol. The molecule has 5 heteroatoms. The van der Waals surface area contributed by atoms with Crippen molar-refractivity contribution in [2.75, 3.05) is 19.6 Å². The summed E-state index contributed by atoms with van der Waals surface area (Å²) in [4.78, 5) is 13.2. The zero-order valence-corrected chi connectivity index (χ0v) is 11.6. The second-order valence-electron chi connectivity index (χ2n) is 5.45. The Morgan fingerprint density at radius 2 is 2.37 bits per heavy atom. The Morgan fingerprint density at radius 1 is 1.58 bits per heavy atom. The maximum absolute atomic E-state index is 10.7. The SMILES string of the molecule is CC(C)N1CCC(CNCc2ccc(C(=O)O)o2)C1. The number of nitrogens with zero attached hydrogens (tertiary/aromatic N) is 1. The molecule has 2 rings (SSSR count). The number of rotatable bonds is 6. The minimum absolute atomic E-state index is 0.00338. The van der Waals surface area contributed by atoms with Crippen LogP contribution in [0.4, 0.5) is 0 Å². The number of carboxylic acid groups (broad SMARTS) is 1. The maximum Gasteiger partial charge on any atom is 0.371 e. The minimum Gasteiger partial charge on any atom is -0.475 e. The van der Waals surface area contributed by atoms with Crippen LogP contribution in [0.1, 0.15) is 36.6 Å². The molecule has 0 amide bonds. The normalized spacial score (nSPS) is 20.3. The van der Waals surface area contributed by atoms with Crippen LogP contribution >= 0.6 is 0 Å². The molecule has 1 aliphatic rings. The molecule has 0 aromatic carbocycles. The lowest BCUT2D eigenvalue weighted by molar-refractivity contribution is 0.0660. The molecule has 19 heavy (non-hydrogen) atoms. The van der Waals surface area contributed by atoms with Gasteiger partial charge < -0.3 is 19.7 Å². The molecule has 1 atom stereocenters. The second-order valence-corrected chi connectivity index (χ2v) is 5.45. The highest BCUT2D eigenvalue weighted by molar-refractivity contribution is 5.84. The van der Waals surface area contributed by atoms with E-state index in [4.69, 9.17) is 9.52 Å². The van der Waals surface area contributed by atoms with Gasteiger partial charge in [0.2, 0.25) is 5.76 Å². The average molecular weight is 266 g/mol. The lowest BCUT2D eigenvalue weighted by Crippen LogP contribution is -2.30. The van der Waals surface area contributed by atoms with Gasteiger partial charge in [-0.2, -0.15) is 0 Å². The fourth-order valence-electron chi connectivity index (χ4n) is 2.49. The monoisotopic (exact) mass is 266 g/mol. The molecule has 1 unspecified atom stereocenters. The van der Waals surface area contributed by atoms with Gasteiger partial charge in [0.05, 0.1) is 6.54 Å². The first-order valence-electron chi connectivity index (χ1n) is 6.83. The van der Waals surface area contributed by atoms with Crippen molar-refractivity contribution in [1.29, 1.82) is 0 Å². The maximum atomic E-state index is 10.7. The van der Waals surface area contributed by atoms with Crippen LogP contribution < -0.4 is 5.32 Å². The van der Waals surface area contributed by atoms with Crippen LogP contribution in [0, 0.1) is 5.92 Å². The lowest BCUT2D eigenvalue weighted by Gasteiger charge is -2.20. The Morgan fingerprint density at radius 3 is 2.95 bits per heavy atom. The molecular formula is C14H22N2O3. The molecule has 5 nitrogen and oxygen atoms in total. The average Bonchev–Trinajstić information content (AvgIpc) is 2.97. The van der Waals surface area contributed by atoms with Crippen molar-refractivity contribution in [3.05, 3.63) is 23.7 Å². The Hall–Kier alpha value is -1.33. The molecule has 0 bridgehead atoms. The molecule has 1 saturated heterocycles. The second kappa shape index (κ2) is 6.21. The van der Waals surface area contributed by atoms with E-state index in [2.05, 4.69) is 24.1 Å². The Balaban J connectivity index is 1.70. The summed E-state index contributed by atoms with van der Waals surface area (Å²) in [5.74, 6) is 0.339. The molecule has 0 aliphatic carbocycles. The number of nitrogens with one attached hydrogen (secondary N) is 1. The molecule has 1 fully saturated rings. The fraction of sp³-hybridized carbons (Fsp3) is 0.643. The standard InChI is InChI=1S/C14H22N2O3/c1-10(2)16-6-5-11(9-16)7-15-8-12-3-4-13(19-12)14(17)18/h3-4,10-11,15H,5-9H2,1-2H3,(H,17,18). The summed E-state index contributed by atoms with van der Waals surface area (Å²) in [5.41, 5.74) is 0. The van der Waals surface area contributed by atoms with Gasteiger partial charge in [-0.05, 0) is 51.4 Å². The Kier molecular flexibility index (Phi) is 4.61. The molecule has 106 valence electrons. The van der Waals surface area contributed by atoms with E-state index in [0.29, 0.717) is 24.3 Å². The predicted molar refractivity (Wildman–Crippen MR) is 72.2 cm³/mol. The van der Waals surface area contributed by atoms with Crippen LogP contribution in [-0.4, -0.2) is 41.7 Å². The van der Waals surface area contributed by atoms with Gasteiger partial charge in [0.25, 0.3) is 0 Å². The van der Waals surface area contributed by atoms with Gasteiger partial charge in [0.15, 0.2) is 0 Å². The van der Waals surface area contributed by atoms with Crippen molar-refractivity contribution in [3.8, 4) is 0 Å². The summed E-state index contributed by atoms with van der Waals surface area (Å²) >= 11 is 0. The van der Waals surface area contributed by atoms with Gasteiger partial charge in [0.1, 0.15) is 5.76 Å². The van der Waals surface area contributed by atoms with E-state index in [0.717, 1.165) is 13.1 Å². The highest BCUT2D eigenvalue weighted by atomic mass is 16.4. The predicted octanol–water partition coefficient (Wildman–Crippen LogP) is 1.80. The van der Waals surface area contributed by atoms with Crippen molar-refractivity contribution < 1.29 is 14.3 Å². The van der Waals surface area contributed by atoms with Gasteiger partial charge >= 0.3 is 5.97 Å². The van der Waals surface area contributed by atoms with E-state index in [9.17, 15) is 4.79 Å². The van der Waals surface area contributed by atoms with Crippen molar-refractivity contribution in [3.63, 3.8) is 0 Å². The first-order chi connectivity index (χ1) is 9.06. The van der Waals surface area contributed by atoms with Crippen molar-refractivity contribution in [2.45, 2.75) is 32.9 Å². The largest absolute Gasteiger partial charge is 0.475 e. The van der Waals surface area contributed by atoms with E-state index < -0.39 is 5.97 Å². The molecule has 1 aliphatic heterocycles. The molecule has 0 saturated carbocycles. The summed E-state index contributed by atoms with van der Waals surface area (Å²) in [5, 5.41) is 12.1. The van der Waals surface area contributed by atoms with Gasteiger partial charge in [-0.1, -0.05) is 0 Å². The smallest absolute Gasteiger partial charge is 0.371 e. The number of carboxylic acids is 1. The van der Waals surface area contributed by atoms with Gasteiger partial charge in [-0.15, -0.1) is 0 Å². The number of hydrogen-bond acceptors (Lipinski definition) is 4. The fourth-order valence-corrected chi connectivity index (χ4v) is 2.49. The summed E-state index contributed by atoms with van der Waals surface area (Å²) in [6, 6.07) is 3.83. The molecule has 0 spiro atoms. The first kappa shape index (κ1) is 14.1.